The van der Waals surface area contributed by atoms with Crippen molar-refractivity contribution in [3.05, 3.63) is 29.6 Å². The molecule has 0 aromatic heterocycles. The van der Waals surface area contributed by atoms with Crippen LogP contribution in [0.5, 0.6) is 5.75 Å². The van der Waals surface area contributed by atoms with Crippen LogP contribution in [0.1, 0.15) is 30.1 Å². The van der Waals surface area contributed by atoms with Gasteiger partial charge in [0.25, 0.3) is 0 Å². The number of rotatable bonds is 5. The van der Waals surface area contributed by atoms with Crippen molar-refractivity contribution in [3.8, 4) is 5.75 Å². The summed E-state index contributed by atoms with van der Waals surface area (Å²) in [6.07, 6.45) is 0.882. The molecule has 4 nitrogen and oxygen atoms in total. The summed E-state index contributed by atoms with van der Waals surface area (Å²) in [5.41, 5.74) is -0.972. The molecule has 2 rings (SSSR count). The number of Topliss-reactive ketones (excluding diaryl/α,β-unsaturated/α-hetero) is 1. The second kappa shape index (κ2) is 6.33. The van der Waals surface area contributed by atoms with Gasteiger partial charge >= 0.3 is 0 Å². The molecule has 1 saturated heterocycles. The minimum Gasteiger partial charge on any atom is -0.494 e. The maximum absolute atomic E-state index is 14.3. The molecule has 0 unspecified atom stereocenters. The lowest BCUT2D eigenvalue weighted by atomic mass is 9.85. The Hall–Kier alpha value is -1.46. The van der Waals surface area contributed by atoms with Crippen LogP contribution in [0, 0.1) is 5.82 Å². The van der Waals surface area contributed by atoms with Gasteiger partial charge in [-0.25, -0.2) is 4.39 Å². The van der Waals surface area contributed by atoms with E-state index in [9.17, 15) is 9.18 Å². The highest BCUT2D eigenvalue weighted by Crippen LogP contribution is 2.32. The van der Waals surface area contributed by atoms with Crippen LogP contribution in [0.15, 0.2) is 18.2 Å². The topological polar surface area (TPSA) is 44.8 Å². The predicted octanol–water partition coefficient (Wildman–Crippen LogP) is 2.60. The van der Waals surface area contributed by atoms with Crippen LogP contribution in [0.4, 0.5) is 4.39 Å². The first-order chi connectivity index (χ1) is 9.64. The summed E-state index contributed by atoms with van der Waals surface area (Å²) in [7, 11) is 1.37. The first kappa shape index (κ1) is 14.9. The molecule has 110 valence electrons. The van der Waals surface area contributed by atoms with Crippen LogP contribution >= 0.6 is 0 Å². The summed E-state index contributed by atoms with van der Waals surface area (Å²) < 4.78 is 30.1. The van der Waals surface area contributed by atoms with Crippen molar-refractivity contribution < 1.29 is 23.4 Å². The SMILES string of the molecule is CCOC1(C(=O)c2cccc(OC)c2F)CCOCC1. The minimum absolute atomic E-state index is 0.0136. The van der Waals surface area contributed by atoms with E-state index >= 15 is 0 Å². The van der Waals surface area contributed by atoms with Gasteiger partial charge in [-0.2, -0.15) is 0 Å². The fraction of sp³-hybridized carbons (Fsp3) is 0.533. The fourth-order valence-corrected chi connectivity index (χ4v) is 2.50. The number of methoxy groups -OCH3 is 1. The number of benzene rings is 1. The summed E-state index contributed by atoms with van der Waals surface area (Å²) >= 11 is 0. The lowest BCUT2D eigenvalue weighted by molar-refractivity contribution is -0.0823. The van der Waals surface area contributed by atoms with E-state index in [-0.39, 0.29) is 17.1 Å². The van der Waals surface area contributed by atoms with Gasteiger partial charge in [0.15, 0.2) is 17.3 Å². The second-order valence-electron chi connectivity index (χ2n) is 4.69. The van der Waals surface area contributed by atoms with Crippen molar-refractivity contribution in [2.45, 2.75) is 25.4 Å². The Kier molecular flexibility index (Phi) is 4.73. The maximum atomic E-state index is 14.3. The normalized spacial score (nSPS) is 17.8. The first-order valence-electron chi connectivity index (χ1n) is 6.73. The summed E-state index contributed by atoms with van der Waals surface area (Å²) in [6.45, 7) is 3.11. The number of hydrogen-bond donors (Lipinski definition) is 0. The summed E-state index contributed by atoms with van der Waals surface area (Å²) in [5.74, 6) is -0.904. The molecule has 1 aliphatic heterocycles. The second-order valence-corrected chi connectivity index (χ2v) is 4.69. The Morgan fingerprint density at radius 2 is 2.10 bits per heavy atom. The number of ketones is 1. The van der Waals surface area contributed by atoms with Crippen molar-refractivity contribution in [1.29, 1.82) is 0 Å². The summed E-state index contributed by atoms with van der Waals surface area (Å²) in [5, 5.41) is 0. The lowest BCUT2D eigenvalue weighted by Gasteiger charge is -2.35. The van der Waals surface area contributed by atoms with Crippen LogP contribution in [0.3, 0.4) is 0 Å². The summed E-state index contributed by atoms with van der Waals surface area (Å²) in [4.78, 5) is 12.7. The van der Waals surface area contributed by atoms with E-state index in [1.165, 1.54) is 19.2 Å². The molecule has 0 atom stereocenters. The molecule has 5 heteroatoms. The van der Waals surface area contributed by atoms with E-state index in [1.807, 2.05) is 6.92 Å². The molecule has 0 N–H and O–H groups in total. The van der Waals surface area contributed by atoms with Gasteiger partial charge in [0, 0.05) is 32.7 Å². The van der Waals surface area contributed by atoms with E-state index in [0.717, 1.165) is 0 Å². The van der Waals surface area contributed by atoms with Crippen molar-refractivity contribution in [1.82, 2.24) is 0 Å². The molecular formula is C15H19FO4. The molecule has 0 saturated carbocycles. The standard InChI is InChI=1S/C15H19FO4/c1-3-20-15(7-9-19-10-8-15)14(17)11-5-4-6-12(18-2)13(11)16/h4-6H,3,7-10H2,1-2H3. The van der Waals surface area contributed by atoms with Crippen molar-refractivity contribution in [2.75, 3.05) is 26.9 Å². The zero-order valence-corrected chi connectivity index (χ0v) is 11.8. The average molecular weight is 282 g/mol. The Morgan fingerprint density at radius 3 is 2.70 bits per heavy atom. The van der Waals surface area contributed by atoms with Gasteiger partial charge in [-0.3, -0.25) is 4.79 Å². The largest absolute Gasteiger partial charge is 0.494 e. The van der Waals surface area contributed by atoms with E-state index in [0.29, 0.717) is 32.7 Å². The van der Waals surface area contributed by atoms with Gasteiger partial charge in [0.1, 0.15) is 5.60 Å². The molecule has 0 bridgehead atoms. The highest BCUT2D eigenvalue weighted by atomic mass is 19.1. The third-order valence-electron chi connectivity index (χ3n) is 3.56. The van der Waals surface area contributed by atoms with Gasteiger partial charge in [-0.05, 0) is 19.1 Å². The fourth-order valence-electron chi connectivity index (χ4n) is 2.50. The zero-order chi connectivity index (χ0) is 14.6. The number of carbonyl (C=O) groups excluding carboxylic acids is 1. The average Bonchev–Trinajstić information content (AvgIpc) is 2.48. The van der Waals surface area contributed by atoms with Crippen molar-refractivity contribution >= 4 is 5.78 Å². The van der Waals surface area contributed by atoms with Crippen molar-refractivity contribution in [2.24, 2.45) is 0 Å². The maximum Gasteiger partial charge on any atom is 0.197 e. The van der Waals surface area contributed by atoms with Gasteiger partial charge in [0.2, 0.25) is 0 Å². The number of carbonyl (C=O) groups is 1. The van der Waals surface area contributed by atoms with Gasteiger partial charge in [-0.15, -0.1) is 0 Å². The molecule has 1 fully saturated rings. The monoisotopic (exact) mass is 282 g/mol. The van der Waals surface area contributed by atoms with Crippen LogP contribution in [-0.2, 0) is 9.47 Å². The van der Waals surface area contributed by atoms with Crippen molar-refractivity contribution in [3.63, 3.8) is 0 Å². The molecule has 0 spiro atoms. The molecule has 1 aromatic carbocycles. The first-order valence-corrected chi connectivity index (χ1v) is 6.73. The highest BCUT2D eigenvalue weighted by Gasteiger charge is 2.42. The molecule has 0 aliphatic carbocycles. The molecule has 0 radical (unpaired) electrons. The van der Waals surface area contributed by atoms with E-state index in [1.54, 1.807) is 6.07 Å². The molecule has 1 aromatic rings. The molecule has 0 amide bonds. The smallest absolute Gasteiger partial charge is 0.197 e. The minimum atomic E-state index is -0.986. The molecule has 20 heavy (non-hydrogen) atoms. The van der Waals surface area contributed by atoms with Crippen LogP contribution < -0.4 is 4.74 Å². The third-order valence-corrected chi connectivity index (χ3v) is 3.56. The molecule has 1 aliphatic rings. The van der Waals surface area contributed by atoms with Gasteiger partial charge in [-0.1, -0.05) is 6.07 Å². The quantitative estimate of drug-likeness (QED) is 0.779. The number of halogens is 1. The summed E-state index contributed by atoms with van der Waals surface area (Å²) in [6, 6.07) is 4.56. The van der Waals surface area contributed by atoms with Gasteiger partial charge < -0.3 is 14.2 Å². The van der Waals surface area contributed by atoms with Crippen LogP contribution in [-0.4, -0.2) is 38.3 Å². The Labute approximate surface area is 117 Å². The number of ether oxygens (including phenoxy) is 3. The van der Waals surface area contributed by atoms with E-state index in [4.69, 9.17) is 14.2 Å². The Morgan fingerprint density at radius 1 is 1.40 bits per heavy atom. The van der Waals surface area contributed by atoms with Crippen LogP contribution in [0.25, 0.3) is 0 Å². The Balaban J connectivity index is 2.37. The molecule has 1 heterocycles. The van der Waals surface area contributed by atoms with E-state index in [2.05, 4.69) is 0 Å². The highest BCUT2D eigenvalue weighted by molar-refractivity contribution is 6.03. The molecular weight excluding hydrogens is 263 g/mol. The third kappa shape index (κ3) is 2.69. The lowest BCUT2D eigenvalue weighted by Crippen LogP contribution is -2.46. The number of hydrogen-bond acceptors (Lipinski definition) is 4. The Bertz CT molecular complexity index is 475. The zero-order valence-electron chi connectivity index (χ0n) is 11.8. The predicted molar refractivity (Wildman–Crippen MR) is 71.7 cm³/mol. The van der Waals surface area contributed by atoms with E-state index < -0.39 is 11.4 Å². The van der Waals surface area contributed by atoms with Gasteiger partial charge in [0.05, 0.1) is 12.7 Å². The van der Waals surface area contributed by atoms with Crippen LogP contribution in [0.2, 0.25) is 0 Å².